The van der Waals surface area contributed by atoms with E-state index in [0.717, 1.165) is 18.7 Å². The Bertz CT molecular complexity index is 1290. The molecule has 4 aromatic carbocycles. The van der Waals surface area contributed by atoms with Crippen LogP contribution in [0.4, 0.5) is 0 Å². The van der Waals surface area contributed by atoms with Gasteiger partial charge in [0.1, 0.15) is 11.9 Å². The van der Waals surface area contributed by atoms with Gasteiger partial charge in [-0.15, -0.1) is 0 Å². The van der Waals surface area contributed by atoms with E-state index in [1.807, 2.05) is 36.4 Å². The number of ether oxygens (including phenoxy) is 2. The lowest BCUT2D eigenvalue weighted by Gasteiger charge is -2.33. The van der Waals surface area contributed by atoms with Gasteiger partial charge in [-0.3, -0.25) is 0 Å². The molecule has 0 spiro atoms. The lowest BCUT2D eigenvalue weighted by Crippen LogP contribution is -2.37. The standard InChI is InChI=1S/C30H29NO3/c1-20(25-12-7-9-21-8-3-4-10-26(21)25)31-19-24-18-28(27-11-5-6-13-29(27)34-24)22-14-16-23(17-15-22)30(32)33-2/h3-17,20,24,28,31H,18-19H2,1-2H3/t20-,24-,28-/m1/s1. The minimum absolute atomic E-state index is 0.0395. The minimum Gasteiger partial charge on any atom is -0.489 e. The third-order valence-corrected chi connectivity index (χ3v) is 6.76. The highest BCUT2D eigenvalue weighted by atomic mass is 16.5. The summed E-state index contributed by atoms with van der Waals surface area (Å²) in [6, 6.07) is 31.2. The number of carbonyl (C=O) groups excluding carboxylic acids is 1. The molecule has 5 rings (SSSR count). The van der Waals surface area contributed by atoms with Gasteiger partial charge in [-0.25, -0.2) is 4.79 Å². The van der Waals surface area contributed by atoms with E-state index in [2.05, 4.69) is 66.8 Å². The molecule has 1 N–H and O–H groups in total. The summed E-state index contributed by atoms with van der Waals surface area (Å²) in [7, 11) is 1.40. The predicted molar refractivity (Wildman–Crippen MR) is 135 cm³/mol. The molecule has 4 aromatic rings. The number of nitrogens with one attached hydrogen (secondary N) is 1. The van der Waals surface area contributed by atoms with Crippen molar-refractivity contribution in [3.05, 3.63) is 113 Å². The van der Waals surface area contributed by atoms with Crippen LogP contribution in [-0.4, -0.2) is 25.7 Å². The lowest BCUT2D eigenvalue weighted by atomic mass is 9.84. The van der Waals surface area contributed by atoms with E-state index in [4.69, 9.17) is 9.47 Å². The van der Waals surface area contributed by atoms with Gasteiger partial charge in [0.05, 0.1) is 12.7 Å². The van der Waals surface area contributed by atoms with Crippen LogP contribution < -0.4 is 10.1 Å². The molecule has 0 aromatic heterocycles. The first-order chi connectivity index (χ1) is 16.6. The Labute approximate surface area is 200 Å². The van der Waals surface area contributed by atoms with Gasteiger partial charge < -0.3 is 14.8 Å². The summed E-state index contributed by atoms with van der Waals surface area (Å²) in [5.74, 6) is 0.820. The molecule has 0 saturated heterocycles. The summed E-state index contributed by atoms with van der Waals surface area (Å²) >= 11 is 0. The van der Waals surface area contributed by atoms with Crippen molar-refractivity contribution >= 4 is 16.7 Å². The largest absolute Gasteiger partial charge is 0.489 e. The zero-order chi connectivity index (χ0) is 23.5. The number of esters is 1. The SMILES string of the molecule is COC(=O)c1ccc([C@H]2C[C@H](CN[C@H](C)c3cccc4ccccc34)Oc3ccccc32)cc1. The summed E-state index contributed by atoms with van der Waals surface area (Å²) < 4.78 is 11.2. The first-order valence-corrected chi connectivity index (χ1v) is 11.8. The topological polar surface area (TPSA) is 47.6 Å². The zero-order valence-electron chi connectivity index (χ0n) is 19.5. The molecule has 0 unspecified atom stereocenters. The molecule has 1 aliphatic rings. The molecule has 0 aliphatic carbocycles. The molecule has 3 atom stereocenters. The second kappa shape index (κ2) is 9.70. The molecule has 0 fully saturated rings. The zero-order valence-corrected chi connectivity index (χ0v) is 19.5. The first kappa shape index (κ1) is 22.2. The van der Waals surface area contributed by atoms with Crippen molar-refractivity contribution in [1.82, 2.24) is 5.32 Å². The van der Waals surface area contributed by atoms with Crippen LogP contribution in [0.2, 0.25) is 0 Å². The van der Waals surface area contributed by atoms with Crippen LogP contribution in [0.5, 0.6) is 5.75 Å². The van der Waals surface area contributed by atoms with Crippen molar-refractivity contribution < 1.29 is 14.3 Å². The normalized spacial score (nSPS) is 18.1. The molecular weight excluding hydrogens is 422 g/mol. The molecule has 1 heterocycles. The molecule has 34 heavy (non-hydrogen) atoms. The third kappa shape index (κ3) is 4.42. The van der Waals surface area contributed by atoms with Crippen LogP contribution in [0.3, 0.4) is 0 Å². The van der Waals surface area contributed by atoms with Crippen molar-refractivity contribution in [1.29, 1.82) is 0 Å². The van der Waals surface area contributed by atoms with Gasteiger partial charge in [-0.05, 0) is 53.4 Å². The fraction of sp³-hybridized carbons (Fsp3) is 0.233. The maximum Gasteiger partial charge on any atom is 0.337 e. The Hall–Kier alpha value is -3.63. The van der Waals surface area contributed by atoms with E-state index in [0.29, 0.717) is 5.56 Å². The van der Waals surface area contributed by atoms with Crippen LogP contribution in [0.25, 0.3) is 10.8 Å². The van der Waals surface area contributed by atoms with E-state index in [-0.39, 0.29) is 24.0 Å². The number of methoxy groups -OCH3 is 1. The van der Waals surface area contributed by atoms with Crippen molar-refractivity contribution in [3.8, 4) is 5.75 Å². The van der Waals surface area contributed by atoms with Crippen LogP contribution in [0, 0.1) is 0 Å². The predicted octanol–water partition coefficient (Wildman–Crippen LogP) is 6.26. The maximum absolute atomic E-state index is 11.8. The summed E-state index contributed by atoms with van der Waals surface area (Å²) in [5, 5.41) is 6.25. The number of para-hydroxylation sites is 1. The molecule has 1 aliphatic heterocycles. The van der Waals surface area contributed by atoms with Gasteiger partial charge in [-0.1, -0.05) is 72.8 Å². The fourth-order valence-corrected chi connectivity index (χ4v) is 4.95. The fourth-order valence-electron chi connectivity index (χ4n) is 4.95. The van der Waals surface area contributed by atoms with Gasteiger partial charge in [0.25, 0.3) is 0 Å². The monoisotopic (exact) mass is 451 g/mol. The second-order valence-corrected chi connectivity index (χ2v) is 8.88. The van der Waals surface area contributed by atoms with E-state index < -0.39 is 0 Å². The van der Waals surface area contributed by atoms with Gasteiger partial charge in [-0.2, -0.15) is 0 Å². The van der Waals surface area contributed by atoms with E-state index in [1.165, 1.54) is 34.6 Å². The Balaban J connectivity index is 1.35. The average Bonchev–Trinajstić information content (AvgIpc) is 2.90. The van der Waals surface area contributed by atoms with Crippen LogP contribution in [0.1, 0.15) is 52.4 Å². The molecule has 4 heteroatoms. The van der Waals surface area contributed by atoms with Gasteiger partial charge in [0, 0.05) is 24.1 Å². The van der Waals surface area contributed by atoms with Crippen molar-refractivity contribution in [2.24, 2.45) is 0 Å². The summed E-state index contributed by atoms with van der Waals surface area (Å²) in [4.78, 5) is 11.8. The third-order valence-electron chi connectivity index (χ3n) is 6.76. The average molecular weight is 452 g/mol. The number of benzene rings is 4. The van der Waals surface area contributed by atoms with E-state index in [9.17, 15) is 4.79 Å². The van der Waals surface area contributed by atoms with Crippen LogP contribution in [-0.2, 0) is 4.74 Å². The lowest BCUT2D eigenvalue weighted by molar-refractivity contribution is 0.0600. The Morgan fingerprint density at radius 3 is 2.53 bits per heavy atom. The van der Waals surface area contributed by atoms with Gasteiger partial charge in [0.2, 0.25) is 0 Å². The summed E-state index contributed by atoms with van der Waals surface area (Å²) in [6.45, 7) is 2.96. The van der Waals surface area contributed by atoms with Gasteiger partial charge in [0.15, 0.2) is 0 Å². The number of fused-ring (bicyclic) bond motifs is 2. The molecule has 0 bridgehead atoms. The number of rotatable bonds is 6. The molecule has 0 saturated carbocycles. The van der Waals surface area contributed by atoms with Gasteiger partial charge >= 0.3 is 5.97 Å². The molecular formula is C30H29NO3. The number of hydrogen-bond donors (Lipinski definition) is 1. The summed E-state index contributed by atoms with van der Waals surface area (Å²) in [5.41, 5.74) is 4.22. The molecule has 4 nitrogen and oxygen atoms in total. The van der Waals surface area contributed by atoms with Crippen LogP contribution >= 0.6 is 0 Å². The van der Waals surface area contributed by atoms with E-state index in [1.54, 1.807) is 0 Å². The first-order valence-electron chi connectivity index (χ1n) is 11.8. The highest BCUT2D eigenvalue weighted by Crippen LogP contribution is 2.40. The number of carbonyl (C=O) groups is 1. The maximum atomic E-state index is 11.8. The number of hydrogen-bond acceptors (Lipinski definition) is 4. The molecule has 0 radical (unpaired) electrons. The Morgan fingerprint density at radius 1 is 0.971 bits per heavy atom. The second-order valence-electron chi connectivity index (χ2n) is 8.88. The van der Waals surface area contributed by atoms with Crippen molar-refractivity contribution in [3.63, 3.8) is 0 Å². The van der Waals surface area contributed by atoms with Crippen molar-refractivity contribution in [2.75, 3.05) is 13.7 Å². The minimum atomic E-state index is -0.316. The Kier molecular flexibility index (Phi) is 6.33. The van der Waals surface area contributed by atoms with Crippen LogP contribution in [0.15, 0.2) is 91.0 Å². The highest BCUT2D eigenvalue weighted by molar-refractivity contribution is 5.89. The van der Waals surface area contributed by atoms with Crippen molar-refractivity contribution in [2.45, 2.75) is 31.4 Å². The summed E-state index contributed by atoms with van der Waals surface area (Å²) in [6.07, 6.45) is 0.904. The highest BCUT2D eigenvalue weighted by Gasteiger charge is 2.29. The smallest absolute Gasteiger partial charge is 0.337 e. The molecule has 172 valence electrons. The Morgan fingerprint density at radius 2 is 1.71 bits per heavy atom. The quantitative estimate of drug-likeness (QED) is 0.352. The molecule has 0 amide bonds. The van der Waals surface area contributed by atoms with E-state index >= 15 is 0 Å².